The smallest absolute Gasteiger partial charge is 0.174 e. The maximum Gasteiger partial charge on any atom is 0.174 e. The van der Waals surface area contributed by atoms with Crippen molar-refractivity contribution in [3.63, 3.8) is 0 Å². The summed E-state index contributed by atoms with van der Waals surface area (Å²) < 4.78 is 3.84. The summed E-state index contributed by atoms with van der Waals surface area (Å²) in [6, 6.07) is 6.12. The van der Waals surface area contributed by atoms with Crippen molar-refractivity contribution in [1.29, 1.82) is 5.26 Å². The van der Waals surface area contributed by atoms with Gasteiger partial charge in [0.05, 0.1) is 11.3 Å². The minimum absolute atomic E-state index is 0.508. The number of hydrogen-bond acceptors (Lipinski definition) is 5. The first kappa shape index (κ1) is 16.2. The van der Waals surface area contributed by atoms with Crippen molar-refractivity contribution >= 4 is 11.6 Å². The zero-order valence-corrected chi connectivity index (χ0v) is 14.6. The molecular weight excluding hydrogens is 326 g/mol. The lowest BCUT2D eigenvalue weighted by atomic mass is 10.1. The lowest BCUT2D eigenvalue weighted by molar-refractivity contribution is 0.627. The number of nitriles is 1. The number of fused-ring (bicyclic) bond motifs is 1. The van der Waals surface area contributed by atoms with Gasteiger partial charge in [0.25, 0.3) is 0 Å². The second kappa shape index (κ2) is 6.92. The maximum absolute atomic E-state index is 9.76. The van der Waals surface area contributed by atoms with Gasteiger partial charge in [0, 0.05) is 49.7 Å². The van der Waals surface area contributed by atoms with Crippen LogP contribution in [0.4, 0.5) is 0 Å². The van der Waals surface area contributed by atoms with Crippen molar-refractivity contribution in [2.24, 2.45) is 7.05 Å². The number of hydrogen-bond donors (Lipinski definition) is 0. The van der Waals surface area contributed by atoms with Crippen LogP contribution in [0.3, 0.4) is 0 Å². The second-order valence-electron chi connectivity index (χ2n) is 6.41. The van der Waals surface area contributed by atoms with Crippen LogP contribution in [0.2, 0.25) is 0 Å². The molecule has 7 nitrogen and oxygen atoms in total. The second-order valence-corrected chi connectivity index (χ2v) is 6.41. The zero-order valence-electron chi connectivity index (χ0n) is 14.6. The van der Waals surface area contributed by atoms with Crippen molar-refractivity contribution in [2.75, 3.05) is 0 Å². The van der Waals surface area contributed by atoms with Crippen LogP contribution in [-0.2, 0) is 20.0 Å². The van der Waals surface area contributed by atoms with E-state index in [0.717, 1.165) is 48.5 Å². The Kier molecular flexibility index (Phi) is 4.32. The predicted molar refractivity (Wildman–Crippen MR) is 97.5 cm³/mol. The van der Waals surface area contributed by atoms with Gasteiger partial charge in [-0.3, -0.25) is 9.67 Å². The largest absolute Gasteiger partial charge is 0.310 e. The summed E-state index contributed by atoms with van der Waals surface area (Å²) in [7, 11) is 1.87. The van der Waals surface area contributed by atoms with Crippen LogP contribution in [0.1, 0.15) is 36.5 Å². The van der Waals surface area contributed by atoms with Crippen LogP contribution in [0.15, 0.2) is 30.7 Å². The van der Waals surface area contributed by atoms with Crippen LogP contribution < -0.4 is 0 Å². The Morgan fingerprint density at radius 1 is 1.19 bits per heavy atom. The van der Waals surface area contributed by atoms with Gasteiger partial charge < -0.3 is 4.57 Å². The van der Waals surface area contributed by atoms with E-state index >= 15 is 0 Å². The first-order valence-electron chi connectivity index (χ1n) is 8.74. The Hall–Kier alpha value is -3.27. The molecule has 0 aliphatic carbocycles. The van der Waals surface area contributed by atoms with Gasteiger partial charge in [0.1, 0.15) is 11.9 Å². The van der Waals surface area contributed by atoms with E-state index in [0.29, 0.717) is 11.4 Å². The van der Waals surface area contributed by atoms with Crippen LogP contribution in [0, 0.1) is 11.3 Å². The highest BCUT2D eigenvalue weighted by Gasteiger charge is 2.18. The number of allylic oxidation sites excluding steroid dienone is 1. The van der Waals surface area contributed by atoms with Gasteiger partial charge in [0.15, 0.2) is 5.82 Å². The molecule has 1 aliphatic heterocycles. The third kappa shape index (κ3) is 3.02. The molecule has 0 spiro atoms. The van der Waals surface area contributed by atoms with E-state index in [1.165, 1.54) is 6.42 Å². The lowest BCUT2D eigenvalue weighted by Crippen LogP contribution is -2.05. The van der Waals surface area contributed by atoms with Crippen molar-refractivity contribution in [3.05, 3.63) is 47.9 Å². The summed E-state index contributed by atoms with van der Waals surface area (Å²) >= 11 is 0. The van der Waals surface area contributed by atoms with Crippen LogP contribution in [-0.4, -0.2) is 29.5 Å². The quantitative estimate of drug-likeness (QED) is 0.681. The molecule has 1 aliphatic rings. The third-order valence-electron chi connectivity index (χ3n) is 4.58. The van der Waals surface area contributed by atoms with E-state index in [1.807, 2.05) is 31.5 Å². The molecule has 3 aromatic heterocycles. The molecular formula is C19H19N7. The standard InChI is InChI=1S/C19H19N7/c1-25-13-16(18(24-25)14-6-8-21-9-7-14)11-15(12-20)19-23-22-17-5-3-2-4-10-26(17)19/h6-9,11,13H,2-5,10H2,1H3/b15-11-. The topological polar surface area (TPSA) is 85.2 Å². The fourth-order valence-corrected chi connectivity index (χ4v) is 3.33. The molecule has 130 valence electrons. The van der Waals surface area contributed by atoms with Gasteiger partial charge in [0.2, 0.25) is 0 Å². The van der Waals surface area contributed by atoms with E-state index in [4.69, 9.17) is 0 Å². The molecule has 0 unspecified atom stereocenters. The van der Waals surface area contributed by atoms with Gasteiger partial charge in [-0.1, -0.05) is 6.42 Å². The Bertz CT molecular complexity index is 989. The summed E-state index contributed by atoms with van der Waals surface area (Å²) in [5.74, 6) is 1.62. The van der Waals surface area contributed by atoms with E-state index < -0.39 is 0 Å². The molecule has 0 saturated heterocycles. The first-order chi connectivity index (χ1) is 12.8. The van der Waals surface area contributed by atoms with Crippen molar-refractivity contribution in [2.45, 2.75) is 32.2 Å². The van der Waals surface area contributed by atoms with Gasteiger partial charge in [-0.2, -0.15) is 10.4 Å². The summed E-state index contributed by atoms with van der Waals surface area (Å²) in [5, 5.41) is 22.9. The molecule has 4 heterocycles. The van der Waals surface area contributed by atoms with E-state index in [-0.39, 0.29) is 0 Å². The SMILES string of the molecule is Cn1cc(/C=C(/C#N)c2nnc3n2CCCCC3)c(-c2ccncc2)n1. The van der Waals surface area contributed by atoms with E-state index in [2.05, 4.69) is 30.9 Å². The van der Waals surface area contributed by atoms with Crippen LogP contribution in [0.5, 0.6) is 0 Å². The van der Waals surface area contributed by atoms with Gasteiger partial charge in [-0.05, 0) is 31.1 Å². The molecule has 0 amide bonds. The molecule has 0 fully saturated rings. The van der Waals surface area contributed by atoms with Gasteiger partial charge >= 0.3 is 0 Å². The Balaban J connectivity index is 1.79. The lowest BCUT2D eigenvalue weighted by Gasteiger charge is -2.06. The predicted octanol–water partition coefficient (Wildman–Crippen LogP) is 2.86. The molecule has 0 saturated carbocycles. The van der Waals surface area contributed by atoms with E-state index in [1.54, 1.807) is 17.1 Å². The molecule has 4 rings (SSSR count). The van der Waals surface area contributed by atoms with Crippen molar-refractivity contribution in [1.82, 2.24) is 29.5 Å². The minimum atomic E-state index is 0.508. The number of nitrogens with zero attached hydrogens (tertiary/aromatic N) is 7. The van der Waals surface area contributed by atoms with Crippen LogP contribution in [0.25, 0.3) is 22.9 Å². The maximum atomic E-state index is 9.76. The summed E-state index contributed by atoms with van der Waals surface area (Å²) in [6.07, 6.45) is 11.6. The third-order valence-corrected chi connectivity index (χ3v) is 4.58. The molecule has 0 bridgehead atoms. The van der Waals surface area contributed by atoms with Crippen molar-refractivity contribution < 1.29 is 0 Å². The highest BCUT2D eigenvalue weighted by molar-refractivity contribution is 5.90. The summed E-state index contributed by atoms with van der Waals surface area (Å²) in [6.45, 7) is 0.862. The number of aryl methyl sites for hydroxylation is 2. The normalized spacial score (nSPS) is 14.5. The monoisotopic (exact) mass is 345 g/mol. The Morgan fingerprint density at radius 3 is 2.85 bits per heavy atom. The Morgan fingerprint density at radius 2 is 2.04 bits per heavy atom. The van der Waals surface area contributed by atoms with Gasteiger partial charge in [-0.25, -0.2) is 0 Å². The molecule has 3 aromatic rings. The molecule has 7 heteroatoms. The number of rotatable bonds is 3. The number of aromatic nitrogens is 6. The fraction of sp³-hybridized carbons (Fsp3) is 0.316. The molecule has 0 N–H and O–H groups in total. The minimum Gasteiger partial charge on any atom is -0.310 e. The Labute approximate surface area is 151 Å². The molecule has 0 radical (unpaired) electrons. The summed E-state index contributed by atoms with van der Waals surface area (Å²) in [4.78, 5) is 4.06. The van der Waals surface area contributed by atoms with E-state index in [9.17, 15) is 5.26 Å². The van der Waals surface area contributed by atoms with Crippen LogP contribution >= 0.6 is 0 Å². The number of pyridine rings is 1. The average Bonchev–Trinajstić information content (AvgIpc) is 3.15. The summed E-state index contributed by atoms with van der Waals surface area (Å²) in [5.41, 5.74) is 3.16. The van der Waals surface area contributed by atoms with Gasteiger partial charge in [-0.15, -0.1) is 10.2 Å². The molecule has 26 heavy (non-hydrogen) atoms. The molecule has 0 aromatic carbocycles. The van der Waals surface area contributed by atoms with Crippen molar-refractivity contribution in [3.8, 4) is 17.3 Å². The zero-order chi connectivity index (χ0) is 17.9. The highest BCUT2D eigenvalue weighted by Crippen LogP contribution is 2.26. The fourth-order valence-electron chi connectivity index (χ4n) is 3.33. The first-order valence-corrected chi connectivity index (χ1v) is 8.74. The highest BCUT2D eigenvalue weighted by atomic mass is 15.3. The average molecular weight is 345 g/mol. The molecule has 0 atom stereocenters.